The average Bonchev–Trinajstić information content (AvgIpc) is 2.41. The minimum atomic E-state index is -0.447. The predicted molar refractivity (Wildman–Crippen MR) is 64.8 cm³/mol. The molecule has 1 rings (SSSR count). The van der Waals surface area contributed by atoms with Crippen LogP contribution in [-0.4, -0.2) is 45.4 Å². The van der Waals surface area contributed by atoms with Crippen molar-refractivity contribution in [3.8, 4) is 12.0 Å². The molecule has 0 unspecified atom stereocenters. The lowest BCUT2D eigenvalue weighted by molar-refractivity contribution is -0.116. The van der Waals surface area contributed by atoms with Crippen molar-refractivity contribution in [3.05, 3.63) is 28.6 Å². The zero-order valence-electron chi connectivity index (χ0n) is 10.9. The summed E-state index contributed by atoms with van der Waals surface area (Å²) in [6, 6.07) is 0. The van der Waals surface area contributed by atoms with Gasteiger partial charge in [0.2, 0.25) is 23.1 Å². The number of ketones is 1. The van der Waals surface area contributed by atoms with Gasteiger partial charge < -0.3 is 24.1 Å². The van der Waals surface area contributed by atoms with Gasteiger partial charge in [-0.15, -0.1) is 0 Å². The van der Waals surface area contributed by atoms with Crippen molar-refractivity contribution in [1.29, 1.82) is 0 Å². The van der Waals surface area contributed by atoms with Crippen LogP contribution in [0.1, 0.15) is 0 Å². The monoisotopic (exact) mass is 266 g/mol. The van der Waals surface area contributed by atoms with E-state index in [-0.39, 0.29) is 36.1 Å². The second-order valence-corrected chi connectivity index (χ2v) is 3.32. The molecule has 1 aliphatic rings. The number of Topliss-reactive ketones (excluding diaryl/α,β-unsaturated/α-hetero) is 1. The molecule has 6 nitrogen and oxygen atoms in total. The van der Waals surface area contributed by atoms with E-state index < -0.39 is 5.78 Å². The first-order valence-corrected chi connectivity index (χ1v) is 5.30. The number of allylic oxidation sites excluding steroid dienone is 1. The number of carbonyl (C=O) groups is 1. The SMILES string of the molecule is COC#CCOCC1=C=C(O)C(OC)=C(OC)C1=O. The maximum absolute atomic E-state index is 12.0. The molecular weight excluding hydrogens is 252 g/mol. The van der Waals surface area contributed by atoms with Gasteiger partial charge in [-0.1, -0.05) is 5.73 Å². The molecule has 1 N–H and O–H groups in total. The van der Waals surface area contributed by atoms with Crippen molar-refractivity contribution in [2.24, 2.45) is 0 Å². The number of hydrogen-bond donors (Lipinski definition) is 1. The van der Waals surface area contributed by atoms with Gasteiger partial charge in [0, 0.05) is 0 Å². The molecule has 0 aliphatic heterocycles. The first kappa shape index (κ1) is 14.7. The minimum absolute atomic E-state index is 0.0459. The summed E-state index contributed by atoms with van der Waals surface area (Å²) in [6.45, 7) is 0.0430. The van der Waals surface area contributed by atoms with Crippen LogP contribution in [0.3, 0.4) is 0 Å². The van der Waals surface area contributed by atoms with Crippen molar-refractivity contribution in [3.63, 3.8) is 0 Å². The van der Waals surface area contributed by atoms with Gasteiger partial charge in [0.15, 0.2) is 0 Å². The zero-order valence-corrected chi connectivity index (χ0v) is 10.9. The van der Waals surface area contributed by atoms with Gasteiger partial charge in [-0.25, -0.2) is 0 Å². The molecule has 0 radical (unpaired) electrons. The summed E-state index contributed by atoms with van der Waals surface area (Å²) in [5.74, 6) is 1.68. The average molecular weight is 266 g/mol. The van der Waals surface area contributed by atoms with Crippen LogP contribution < -0.4 is 0 Å². The maximum Gasteiger partial charge on any atom is 0.237 e. The first-order chi connectivity index (χ1) is 9.15. The van der Waals surface area contributed by atoms with Crippen LogP contribution in [0.4, 0.5) is 0 Å². The lowest BCUT2D eigenvalue weighted by atomic mass is 10.1. The molecule has 0 atom stereocenters. The van der Waals surface area contributed by atoms with Crippen molar-refractivity contribution >= 4 is 5.78 Å². The molecule has 0 bridgehead atoms. The summed E-state index contributed by atoms with van der Waals surface area (Å²) in [5, 5.41) is 9.67. The predicted octanol–water partition coefficient (Wildman–Crippen LogP) is 0.665. The van der Waals surface area contributed by atoms with Crippen molar-refractivity contribution in [2.75, 3.05) is 34.5 Å². The molecule has 0 saturated heterocycles. The number of rotatable bonds is 5. The van der Waals surface area contributed by atoms with Gasteiger partial charge in [-0.3, -0.25) is 4.79 Å². The highest BCUT2D eigenvalue weighted by atomic mass is 16.5. The van der Waals surface area contributed by atoms with E-state index in [1.165, 1.54) is 21.3 Å². The molecule has 0 spiro atoms. The van der Waals surface area contributed by atoms with Gasteiger partial charge in [-0.05, 0) is 5.92 Å². The van der Waals surface area contributed by atoms with E-state index in [4.69, 9.17) is 14.2 Å². The van der Waals surface area contributed by atoms with Crippen molar-refractivity contribution in [1.82, 2.24) is 0 Å². The lowest BCUT2D eigenvalue weighted by Crippen LogP contribution is -2.19. The number of hydrogen-bond acceptors (Lipinski definition) is 6. The Morgan fingerprint density at radius 1 is 1.21 bits per heavy atom. The van der Waals surface area contributed by atoms with Crippen LogP contribution in [0.15, 0.2) is 28.6 Å². The van der Waals surface area contributed by atoms with E-state index in [1.54, 1.807) is 0 Å². The maximum atomic E-state index is 12.0. The van der Waals surface area contributed by atoms with Crippen LogP contribution >= 0.6 is 0 Å². The Morgan fingerprint density at radius 2 is 1.89 bits per heavy atom. The van der Waals surface area contributed by atoms with Gasteiger partial charge in [0.05, 0.1) is 33.5 Å². The standard InChI is InChI=1S/C13H14O6/c1-16-5-4-6-19-8-9-7-10(14)12(17-2)13(18-3)11(9)15/h14H,6,8H2,1-3H3. The molecule has 1 aliphatic carbocycles. The summed E-state index contributed by atoms with van der Waals surface area (Å²) in [5.41, 5.74) is 2.63. The molecule has 0 fully saturated rings. The van der Waals surface area contributed by atoms with Crippen LogP contribution in [-0.2, 0) is 23.7 Å². The molecule has 0 heterocycles. The highest BCUT2D eigenvalue weighted by molar-refractivity contribution is 6.08. The summed E-state index contributed by atoms with van der Waals surface area (Å²) in [4.78, 5) is 12.0. The van der Waals surface area contributed by atoms with E-state index in [0.717, 1.165) is 0 Å². The Labute approximate surface area is 110 Å². The summed E-state index contributed by atoms with van der Waals surface area (Å²) < 4.78 is 19.4. The molecule has 102 valence electrons. The Kier molecular flexibility index (Phi) is 5.55. The molecule has 19 heavy (non-hydrogen) atoms. The van der Waals surface area contributed by atoms with Crippen LogP contribution in [0.2, 0.25) is 0 Å². The third-order valence-electron chi connectivity index (χ3n) is 2.17. The van der Waals surface area contributed by atoms with E-state index in [1.807, 2.05) is 0 Å². The second-order valence-electron chi connectivity index (χ2n) is 3.32. The van der Waals surface area contributed by atoms with Gasteiger partial charge in [0.25, 0.3) is 0 Å². The highest BCUT2D eigenvalue weighted by Gasteiger charge is 2.28. The fourth-order valence-electron chi connectivity index (χ4n) is 1.39. The van der Waals surface area contributed by atoms with Gasteiger partial charge in [-0.2, -0.15) is 0 Å². The molecule has 0 saturated carbocycles. The molecule has 0 amide bonds. The van der Waals surface area contributed by atoms with Crippen molar-refractivity contribution in [2.45, 2.75) is 0 Å². The number of ether oxygens (including phenoxy) is 4. The van der Waals surface area contributed by atoms with Crippen LogP contribution in [0.25, 0.3) is 0 Å². The van der Waals surface area contributed by atoms with Gasteiger partial charge in [0.1, 0.15) is 12.7 Å². The fraction of sp³-hybridized carbons (Fsp3) is 0.385. The number of aliphatic hydroxyl groups excluding tert-OH is 1. The number of carbonyl (C=O) groups excluding carboxylic acids is 1. The Bertz CT molecular complexity index is 511. The molecule has 0 aromatic heterocycles. The van der Waals surface area contributed by atoms with E-state index in [0.29, 0.717) is 0 Å². The van der Waals surface area contributed by atoms with E-state index in [2.05, 4.69) is 22.5 Å². The second kappa shape index (κ2) is 7.17. The quantitative estimate of drug-likeness (QED) is 0.448. The Balaban J connectivity index is 2.81. The molecule has 0 aromatic rings. The van der Waals surface area contributed by atoms with Gasteiger partial charge >= 0.3 is 0 Å². The Morgan fingerprint density at radius 3 is 2.47 bits per heavy atom. The summed E-state index contributed by atoms with van der Waals surface area (Å²) in [6.07, 6.45) is 2.34. The number of aliphatic hydroxyl groups is 1. The zero-order chi connectivity index (χ0) is 14.3. The third kappa shape index (κ3) is 3.55. The molecule has 0 aromatic carbocycles. The minimum Gasteiger partial charge on any atom is -0.498 e. The fourth-order valence-corrected chi connectivity index (χ4v) is 1.39. The third-order valence-corrected chi connectivity index (χ3v) is 2.17. The molecule has 6 heteroatoms. The number of methoxy groups -OCH3 is 3. The topological polar surface area (TPSA) is 74.2 Å². The summed E-state index contributed by atoms with van der Waals surface area (Å²) in [7, 11) is 4.07. The summed E-state index contributed by atoms with van der Waals surface area (Å²) >= 11 is 0. The molecular formula is C13H14O6. The Hall–Kier alpha value is -2.35. The van der Waals surface area contributed by atoms with Crippen LogP contribution in [0, 0.1) is 12.0 Å². The smallest absolute Gasteiger partial charge is 0.237 e. The van der Waals surface area contributed by atoms with E-state index >= 15 is 0 Å². The van der Waals surface area contributed by atoms with Crippen LogP contribution in [0.5, 0.6) is 0 Å². The van der Waals surface area contributed by atoms with E-state index in [9.17, 15) is 9.90 Å². The first-order valence-electron chi connectivity index (χ1n) is 5.30. The normalized spacial score (nSPS) is 14.2. The highest BCUT2D eigenvalue weighted by Crippen LogP contribution is 2.22. The largest absolute Gasteiger partial charge is 0.498 e. The lowest BCUT2D eigenvalue weighted by Gasteiger charge is -2.15. The van der Waals surface area contributed by atoms with Crippen molar-refractivity contribution < 1.29 is 28.8 Å².